The summed E-state index contributed by atoms with van der Waals surface area (Å²) >= 11 is 0. The summed E-state index contributed by atoms with van der Waals surface area (Å²) in [5.74, 6) is -1.11. The number of imidazole rings is 1. The smallest absolute Gasteiger partial charge is 0.334 e. The van der Waals surface area contributed by atoms with Gasteiger partial charge in [0.15, 0.2) is 0 Å². The molecule has 0 aliphatic heterocycles. The Bertz CT molecular complexity index is 1230. The number of nitrogens with one attached hydrogen (secondary N) is 1. The first-order chi connectivity index (χ1) is 16.2. The van der Waals surface area contributed by atoms with Crippen molar-refractivity contribution in [2.24, 2.45) is 0 Å². The average Bonchev–Trinajstić information content (AvgIpc) is 3.06. The number of carbonyl (C=O) groups is 2. The molecule has 34 heavy (non-hydrogen) atoms. The summed E-state index contributed by atoms with van der Waals surface area (Å²) in [5, 5.41) is 2.25. The lowest BCUT2D eigenvalue weighted by Gasteiger charge is -2.21. The number of alkyl halides is 3. The van der Waals surface area contributed by atoms with Gasteiger partial charge < -0.3 is 10.2 Å². The number of aromatic nitrogens is 2. The maximum Gasteiger partial charge on any atom is 0.418 e. The lowest BCUT2D eigenvalue weighted by molar-refractivity contribution is -0.137. The standard InChI is InChI=1S/C24H27F3N4O3/c1-3-14-30-19-11-7-8-12-20(19)31(23(30)34)15-13-22(33)29(4-2)16-21(32)28-18-10-6-5-9-17(18)24(25,26)27/h5-12H,3-4,13-16H2,1-2H3,(H,28,32). The molecule has 1 aromatic heterocycles. The number of nitrogens with zero attached hydrogens (tertiary/aromatic N) is 3. The predicted molar refractivity (Wildman–Crippen MR) is 123 cm³/mol. The van der Waals surface area contributed by atoms with E-state index in [-0.39, 0.29) is 36.8 Å². The number of amides is 2. The minimum absolute atomic E-state index is 0.0275. The number of para-hydroxylation sites is 3. The fourth-order valence-corrected chi connectivity index (χ4v) is 3.87. The van der Waals surface area contributed by atoms with Crippen LogP contribution in [0.15, 0.2) is 53.3 Å². The molecule has 0 aliphatic rings. The highest BCUT2D eigenvalue weighted by Crippen LogP contribution is 2.34. The number of aryl methyl sites for hydroxylation is 2. The predicted octanol–water partition coefficient (Wildman–Crippen LogP) is 4.11. The molecule has 10 heteroatoms. The summed E-state index contributed by atoms with van der Waals surface area (Å²) in [6.45, 7) is 4.13. The molecule has 1 heterocycles. The van der Waals surface area contributed by atoms with Gasteiger partial charge in [-0.15, -0.1) is 0 Å². The second kappa shape index (κ2) is 10.6. The number of likely N-dealkylation sites (N-methyl/N-ethyl adjacent to an activating group) is 1. The van der Waals surface area contributed by atoms with Gasteiger partial charge in [-0.1, -0.05) is 31.2 Å². The van der Waals surface area contributed by atoms with Crippen molar-refractivity contribution in [2.45, 2.75) is 46.0 Å². The average molecular weight is 476 g/mol. The van der Waals surface area contributed by atoms with Crippen molar-refractivity contribution in [1.29, 1.82) is 0 Å². The van der Waals surface area contributed by atoms with E-state index in [4.69, 9.17) is 0 Å². The molecule has 0 radical (unpaired) electrons. The number of carbonyl (C=O) groups excluding carboxylic acids is 2. The number of rotatable bonds is 9. The van der Waals surface area contributed by atoms with Crippen molar-refractivity contribution in [3.8, 4) is 0 Å². The van der Waals surface area contributed by atoms with Crippen LogP contribution in [0.5, 0.6) is 0 Å². The van der Waals surface area contributed by atoms with Gasteiger partial charge in [0.1, 0.15) is 0 Å². The van der Waals surface area contributed by atoms with Gasteiger partial charge in [0.05, 0.1) is 28.8 Å². The van der Waals surface area contributed by atoms with Crippen molar-refractivity contribution in [1.82, 2.24) is 14.0 Å². The summed E-state index contributed by atoms with van der Waals surface area (Å²) in [6, 6.07) is 12.0. The Balaban J connectivity index is 1.69. The molecule has 0 saturated heterocycles. The maximum absolute atomic E-state index is 13.2. The van der Waals surface area contributed by atoms with Crippen LogP contribution in [0, 0.1) is 0 Å². The first kappa shape index (κ1) is 25.1. The van der Waals surface area contributed by atoms with Crippen LogP contribution in [-0.4, -0.2) is 38.9 Å². The zero-order valence-corrected chi connectivity index (χ0v) is 19.1. The second-order valence-corrected chi connectivity index (χ2v) is 7.82. The van der Waals surface area contributed by atoms with Crippen LogP contribution >= 0.6 is 0 Å². The lowest BCUT2D eigenvalue weighted by atomic mass is 10.1. The van der Waals surface area contributed by atoms with E-state index in [0.29, 0.717) is 6.54 Å². The van der Waals surface area contributed by atoms with Crippen molar-refractivity contribution >= 4 is 28.5 Å². The van der Waals surface area contributed by atoms with E-state index in [1.165, 1.54) is 21.6 Å². The molecule has 0 fully saturated rings. The van der Waals surface area contributed by atoms with Crippen LogP contribution in [0.3, 0.4) is 0 Å². The molecule has 7 nitrogen and oxygen atoms in total. The van der Waals surface area contributed by atoms with Crippen molar-refractivity contribution in [2.75, 3.05) is 18.4 Å². The molecule has 182 valence electrons. The Morgan fingerprint density at radius 1 is 0.941 bits per heavy atom. The molecule has 0 saturated carbocycles. The number of benzene rings is 2. The first-order valence-electron chi connectivity index (χ1n) is 11.1. The van der Waals surface area contributed by atoms with Gasteiger partial charge >= 0.3 is 11.9 Å². The third-order valence-electron chi connectivity index (χ3n) is 5.50. The Hall–Kier alpha value is -3.56. The van der Waals surface area contributed by atoms with Crippen molar-refractivity contribution in [3.05, 3.63) is 64.6 Å². The monoisotopic (exact) mass is 476 g/mol. The largest absolute Gasteiger partial charge is 0.418 e. The van der Waals surface area contributed by atoms with E-state index in [2.05, 4.69) is 5.32 Å². The molecule has 2 amide bonds. The number of anilines is 1. The molecular formula is C24H27F3N4O3. The topological polar surface area (TPSA) is 76.3 Å². The van der Waals surface area contributed by atoms with Gasteiger partial charge in [-0.05, 0) is 37.6 Å². The van der Waals surface area contributed by atoms with Gasteiger partial charge in [-0.25, -0.2) is 4.79 Å². The minimum atomic E-state index is -4.62. The van der Waals surface area contributed by atoms with E-state index < -0.39 is 24.2 Å². The Morgan fingerprint density at radius 2 is 1.53 bits per heavy atom. The second-order valence-electron chi connectivity index (χ2n) is 7.82. The summed E-state index contributed by atoms with van der Waals surface area (Å²) < 4.78 is 42.7. The van der Waals surface area contributed by atoms with Crippen LogP contribution < -0.4 is 11.0 Å². The molecular weight excluding hydrogens is 449 g/mol. The Morgan fingerprint density at radius 3 is 2.12 bits per heavy atom. The number of hydrogen-bond donors (Lipinski definition) is 1. The lowest BCUT2D eigenvalue weighted by Crippen LogP contribution is -2.38. The third kappa shape index (κ3) is 5.49. The number of halogens is 3. The fraction of sp³-hybridized carbons (Fsp3) is 0.375. The van der Waals surface area contributed by atoms with Gasteiger partial charge in [-0.2, -0.15) is 13.2 Å². The van der Waals surface area contributed by atoms with Gasteiger partial charge in [0.25, 0.3) is 0 Å². The molecule has 3 aromatic rings. The zero-order valence-electron chi connectivity index (χ0n) is 19.1. The van der Waals surface area contributed by atoms with Crippen LogP contribution in [0.2, 0.25) is 0 Å². The highest BCUT2D eigenvalue weighted by molar-refractivity contribution is 5.95. The van der Waals surface area contributed by atoms with Crippen molar-refractivity contribution in [3.63, 3.8) is 0 Å². The summed E-state index contributed by atoms with van der Waals surface area (Å²) in [5.41, 5.74) is -0.0186. The van der Waals surface area contributed by atoms with Gasteiger partial charge in [-0.3, -0.25) is 18.7 Å². The van der Waals surface area contributed by atoms with E-state index in [9.17, 15) is 27.6 Å². The normalized spacial score (nSPS) is 11.6. The Labute approximate surface area is 194 Å². The number of hydrogen-bond acceptors (Lipinski definition) is 3. The molecule has 0 spiro atoms. The molecule has 0 aliphatic carbocycles. The van der Waals surface area contributed by atoms with Crippen LogP contribution in [0.1, 0.15) is 32.3 Å². The highest BCUT2D eigenvalue weighted by Gasteiger charge is 2.33. The van der Waals surface area contributed by atoms with E-state index in [0.717, 1.165) is 29.6 Å². The molecule has 0 unspecified atom stereocenters. The number of fused-ring (bicyclic) bond motifs is 1. The maximum atomic E-state index is 13.2. The minimum Gasteiger partial charge on any atom is -0.334 e. The Kier molecular flexibility index (Phi) is 7.80. The van der Waals surface area contributed by atoms with E-state index in [1.807, 2.05) is 31.2 Å². The molecule has 3 rings (SSSR count). The van der Waals surface area contributed by atoms with Crippen LogP contribution in [0.4, 0.5) is 18.9 Å². The summed E-state index contributed by atoms with van der Waals surface area (Å²) in [6.07, 6.45) is -3.86. The SMILES string of the molecule is CCCn1c(=O)n(CCC(=O)N(CC)CC(=O)Nc2ccccc2C(F)(F)F)c2ccccc21. The summed E-state index contributed by atoms with van der Waals surface area (Å²) in [4.78, 5) is 39.3. The summed E-state index contributed by atoms with van der Waals surface area (Å²) in [7, 11) is 0. The van der Waals surface area contributed by atoms with Crippen LogP contribution in [-0.2, 0) is 28.9 Å². The fourth-order valence-electron chi connectivity index (χ4n) is 3.87. The zero-order chi connectivity index (χ0) is 24.9. The molecule has 1 N–H and O–H groups in total. The van der Waals surface area contributed by atoms with E-state index >= 15 is 0 Å². The third-order valence-corrected chi connectivity index (χ3v) is 5.50. The molecule has 0 bridgehead atoms. The molecule has 0 atom stereocenters. The molecule has 2 aromatic carbocycles. The van der Waals surface area contributed by atoms with Crippen LogP contribution in [0.25, 0.3) is 11.0 Å². The van der Waals surface area contributed by atoms with E-state index in [1.54, 1.807) is 11.5 Å². The first-order valence-corrected chi connectivity index (χ1v) is 11.1. The highest BCUT2D eigenvalue weighted by atomic mass is 19.4. The van der Waals surface area contributed by atoms with Gasteiger partial charge in [0, 0.05) is 26.1 Å². The van der Waals surface area contributed by atoms with Gasteiger partial charge in [0.2, 0.25) is 11.8 Å². The van der Waals surface area contributed by atoms with Crippen molar-refractivity contribution < 1.29 is 22.8 Å². The quantitative estimate of drug-likeness (QED) is 0.505.